The van der Waals surface area contributed by atoms with Crippen LogP contribution in [0.3, 0.4) is 0 Å². The number of alkyl halides is 2. The molecule has 1 rings (SSSR count). The number of nitrogens with one attached hydrogen (secondary N) is 1. The second-order valence-electron chi connectivity index (χ2n) is 3.97. The molecule has 1 heterocycles. The number of carbonyl (C=O) groups is 2. The van der Waals surface area contributed by atoms with Crippen LogP contribution < -0.4 is 5.32 Å². The van der Waals surface area contributed by atoms with E-state index in [1.807, 2.05) is 0 Å². The summed E-state index contributed by atoms with van der Waals surface area (Å²) in [5, 5.41) is 10.8. The Hall–Kier alpha value is -1.40. The van der Waals surface area contributed by atoms with Gasteiger partial charge in [-0.2, -0.15) is 0 Å². The van der Waals surface area contributed by atoms with E-state index in [1.165, 1.54) is 0 Å². The lowest BCUT2D eigenvalue weighted by atomic mass is 10.2. The molecule has 0 spiro atoms. The van der Waals surface area contributed by atoms with E-state index in [1.54, 1.807) is 0 Å². The number of carbonyl (C=O) groups excluding carboxylic acids is 1. The smallest absolute Gasteiger partial charge is 0.317 e. The van der Waals surface area contributed by atoms with Gasteiger partial charge in [-0.25, -0.2) is 13.6 Å². The first kappa shape index (κ1) is 13.7. The van der Waals surface area contributed by atoms with Crippen molar-refractivity contribution < 1.29 is 23.5 Å². The molecule has 1 aliphatic heterocycles. The quantitative estimate of drug-likeness (QED) is 0.722. The van der Waals surface area contributed by atoms with E-state index in [-0.39, 0.29) is 13.0 Å². The van der Waals surface area contributed by atoms with E-state index < -0.39 is 24.5 Å². The number of halogens is 2. The second-order valence-corrected chi connectivity index (χ2v) is 3.97. The predicted molar refractivity (Wildman–Crippen MR) is 56.0 cm³/mol. The summed E-state index contributed by atoms with van der Waals surface area (Å²) in [6, 6.07) is -1.53. The third-order valence-corrected chi connectivity index (χ3v) is 2.69. The molecule has 7 heteroatoms. The second kappa shape index (κ2) is 6.36. The van der Waals surface area contributed by atoms with Crippen LogP contribution >= 0.6 is 0 Å². The third-order valence-electron chi connectivity index (χ3n) is 2.69. The van der Waals surface area contributed by atoms with Crippen molar-refractivity contribution >= 4 is 12.0 Å². The Kier molecular flexibility index (Phi) is 5.11. The summed E-state index contributed by atoms with van der Waals surface area (Å²) < 4.78 is 25.1. The summed E-state index contributed by atoms with van der Waals surface area (Å²) in [4.78, 5) is 22.9. The van der Waals surface area contributed by atoms with E-state index in [4.69, 9.17) is 5.11 Å². The van der Waals surface area contributed by atoms with Gasteiger partial charge in [0.05, 0.1) is 6.04 Å². The minimum Gasteiger partial charge on any atom is -0.481 e. The van der Waals surface area contributed by atoms with Crippen molar-refractivity contribution in [2.24, 2.45) is 0 Å². The summed E-state index contributed by atoms with van der Waals surface area (Å²) in [6.07, 6.45) is -1.37. The predicted octanol–water partition coefficient (Wildman–Crippen LogP) is 1.29. The van der Waals surface area contributed by atoms with E-state index in [0.717, 1.165) is 4.90 Å². The molecule has 2 N–H and O–H groups in total. The van der Waals surface area contributed by atoms with Crippen molar-refractivity contribution in [2.75, 3.05) is 13.1 Å². The Morgan fingerprint density at radius 2 is 2.18 bits per heavy atom. The van der Waals surface area contributed by atoms with Gasteiger partial charge in [0.2, 0.25) is 0 Å². The Morgan fingerprint density at radius 3 is 2.76 bits per heavy atom. The molecule has 17 heavy (non-hydrogen) atoms. The summed E-state index contributed by atoms with van der Waals surface area (Å²) in [5.74, 6) is -0.939. The summed E-state index contributed by atoms with van der Waals surface area (Å²) in [5.41, 5.74) is 0. The molecule has 1 aliphatic rings. The highest BCUT2D eigenvalue weighted by atomic mass is 19.3. The van der Waals surface area contributed by atoms with Crippen molar-refractivity contribution in [1.82, 2.24) is 10.2 Å². The maximum Gasteiger partial charge on any atom is 0.317 e. The zero-order chi connectivity index (χ0) is 12.8. The molecular formula is C10H16F2N2O3. The van der Waals surface area contributed by atoms with E-state index in [9.17, 15) is 18.4 Å². The topological polar surface area (TPSA) is 69.6 Å². The highest BCUT2D eigenvalue weighted by Gasteiger charge is 2.34. The number of aliphatic carboxylic acids is 1. The Balaban J connectivity index is 2.29. The molecule has 0 aromatic carbocycles. The molecule has 0 unspecified atom stereocenters. The van der Waals surface area contributed by atoms with Crippen LogP contribution in [0.1, 0.15) is 25.7 Å². The molecule has 0 aromatic heterocycles. The molecule has 1 atom stereocenters. The fraction of sp³-hybridized carbons (Fsp3) is 0.800. The van der Waals surface area contributed by atoms with E-state index >= 15 is 0 Å². The number of likely N-dealkylation sites (tertiary alicyclic amines) is 1. The lowest BCUT2D eigenvalue weighted by molar-refractivity contribution is -0.137. The minimum absolute atomic E-state index is 0.0431. The number of carboxylic acids is 1. The molecule has 98 valence electrons. The van der Waals surface area contributed by atoms with Crippen LogP contribution in [0.25, 0.3) is 0 Å². The van der Waals surface area contributed by atoms with Crippen LogP contribution in [0.15, 0.2) is 0 Å². The molecule has 0 radical (unpaired) electrons. The molecule has 0 bridgehead atoms. The van der Waals surface area contributed by atoms with Gasteiger partial charge < -0.3 is 15.3 Å². The number of hydrogen-bond donors (Lipinski definition) is 2. The Bertz CT molecular complexity index is 287. The average Bonchev–Trinajstić information content (AvgIpc) is 2.72. The van der Waals surface area contributed by atoms with Crippen LogP contribution in [-0.4, -0.2) is 47.6 Å². The van der Waals surface area contributed by atoms with Crippen LogP contribution in [-0.2, 0) is 4.79 Å². The van der Waals surface area contributed by atoms with Gasteiger partial charge in [-0.05, 0) is 19.3 Å². The van der Waals surface area contributed by atoms with Gasteiger partial charge in [0.15, 0.2) is 0 Å². The van der Waals surface area contributed by atoms with E-state index in [0.29, 0.717) is 25.8 Å². The summed E-state index contributed by atoms with van der Waals surface area (Å²) in [7, 11) is 0. The van der Waals surface area contributed by atoms with Gasteiger partial charge in [0.1, 0.15) is 0 Å². The molecule has 2 amide bonds. The summed E-state index contributed by atoms with van der Waals surface area (Å²) in [6.45, 7) is 0.525. The van der Waals surface area contributed by atoms with Gasteiger partial charge in [-0.1, -0.05) is 0 Å². The highest BCUT2D eigenvalue weighted by Crippen LogP contribution is 2.22. The first-order chi connectivity index (χ1) is 8.02. The van der Waals surface area contributed by atoms with Crippen molar-refractivity contribution in [3.63, 3.8) is 0 Å². The molecule has 5 nitrogen and oxygen atoms in total. The lowest BCUT2D eigenvalue weighted by Crippen LogP contribution is -2.45. The average molecular weight is 250 g/mol. The fourth-order valence-corrected chi connectivity index (χ4v) is 1.84. The number of amides is 2. The van der Waals surface area contributed by atoms with Crippen molar-refractivity contribution in [1.29, 1.82) is 0 Å². The number of rotatable bonds is 5. The summed E-state index contributed by atoms with van der Waals surface area (Å²) >= 11 is 0. The van der Waals surface area contributed by atoms with Crippen LogP contribution in [0.2, 0.25) is 0 Å². The maximum absolute atomic E-state index is 12.5. The monoisotopic (exact) mass is 250 g/mol. The molecule has 0 aromatic rings. The SMILES string of the molecule is O=C(O)CCCNC(=O)N1CCC[C@@H]1C(F)F. The molecule has 1 saturated heterocycles. The number of urea groups is 1. The van der Waals surface area contributed by atoms with Crippen LogP contribution in [0.4, 0.5) is 13.6 Å². The largest absolute Gasteiger partial charge is 0.481 e. The minimum atomic E-state index is -2.53. The Labute approximate surface area is 97.8 Å². The maximum atomic E-state index is 12.5. The first-order valence-corrected chi connectivity index (χ1v) is 5.57. The fourth-order valence-electron chi connectivity index (χ4n) is 1.84. The van der Waals surface area contributed by atoms with Gasteiger partial charge in [-0.3, -0.25) is 4.79 Å². The number of carboxylic acid groups (broad SMARTS) is 1. The van der Waals surface area contributed by atoms with Crippen molar-refractivity contribution in [3.05, 3.63) is 0 Å². The normalized spacial score (nSPS) is 19.7. The van der Waals surface area contributed by atoms with Gasteiger partial charge in [0.25, 0.3) is 6.43 Å². The van der Waals surface area contributed by atoms with Gasteiger partial charge >= 0.3 is 12.0 Å². The highest BCUT2D eigenvalue weighted by molar-refractivity contribution is 5.75. The third kappa shape index (κ3) is 4.16. The molecule has 1 fully saturated rings. The number of nitrogens with zero attached hydrogens (tertiary/aromatic N) is 1. The van der Waals surface area contributed by atoms with Gasteiger partial charge in [0, 0.05) is 19.5 Å². The molecule has 0 saturated carbocycles. The van der Waals surface area contributed by atoms with E-state index in [2.05, 4.69) is 5.32 Å². The molecular weight excluding hydrogens is 234 g/mol. The number of hydrogen-bond acceptors (Lipinski definition) is 2. The first-order valence-electron chi connectivity index (χ1n) is 5.57. The zero-order valence-electron chi connectivity index (χ0n) is 9.36. The van der Waals surface area contributed by atoms with Crippen molar-refractivity contribution in [2.45, 2.75) is 38.2 Å². The van der Waals surface area contributed by atoms with Gasteiger partial charge in [-0.15, -0.1) is 0 Å². The van der Waals surface area contributed by atoms with Crippen LogP contribution in [0, 0.1) is 0 Å². The van der Waals surface area contributed by atoms with Crippen molar-refractivity contribution in [3.8, 4) is 0 Å². The lowest BCUT2D eigenvalue weighted by Gasteiger charge is -2.24. The zero-order valence-corrected chi connectivity index (χ0v) is 9.36. The standard InChI is InChI=1S/C10H16F2N2O3/c11-9(12)7-3-2-6-14(7)10(17)13-5-1-4-8(15)16/h7,9H,1-6H2,(H,13,17)(H,15,16)/t7-/m1/s1. The molecule has 0 aliphatic carbocycles. The Morgan fingerprint density at radius 1 is 1.47 bits per heavy atom. The van der Waals surface area contributed by atoms with Crippen LogP contribution in [0.5, 0.6) is 0 Å².